The van der Waals surface area contributed by atoms with Crippen molar-refractivity contribution in [2.24, 2.45) is 0 Å². The average molecular weight is 242 g/mol. The van der Waals surface area contributed by atoms with Crippen LogP contribution in [0.5, 0.6) is 0 Å². The van der Waals surface area contributed by atoms with Crippen LogP contribution in [-0.4, -0.2) is 14.2 Å². The summed E-state index contributed by atoms with van der Waals surface area (Å²) in [5, 5.41) is 0. The van der Waals surface area contributed by atoms with Crippen LogP contribution in [0.1, 0.15) is 11.1 Å². The van der Waals surface area contributed by atoms with Crippen LogP contribution in [0.15, 0.2) is 30.8 Å². The standard InChI is InChI=1S/C11H15O4P/c1-9-7-5-6-8-11(9)10(2)15-16(12,13-3)14-4/h5-8H,2H2,1,3-4H3. The van der Waals surface area contributed by atoms with Gasteiger partial charge >= 0.3 is 7.82 Å². The predicted octanol–water partition coefficient (Wildman–Crippen LogP) is 3.38. The third-order valence-corrected chi connectivity index (χ3v) is 3.45. The molecule has 0 saturated carbocycles. The van der Waals surface area contributed by atoms with Crippen LogP contribution in [0.2, 0.25) is 0 Å². The SMILES string of the molecule is C=C(OP(=O)(OC)OC)c1ccccc1C. The van der Waals surface area contributed by atoms with Crippen LogP contribution in [0.4, 0.5) is 0 Å². The Morgan fingerprint density at radius 3 is 2.31 bits per heavy atom. The molecule has 0 bridgehead atoms. The van der Waals surface area contributed by atoms with Gasteiger partial charge in [-0.25, -0.2) is 4.57 Å². The smallest absolute Gasteiger partial charge is 0.404 e. The summed E-state index contributed by atoms with van der Waals surface area (Å²) < 4.78 is 26.2. The first-order valence-corrected chi connectivity index (χ1v) is 6.14. The second-order valence-corrected chi connectivity index (χ2v) is 4.95. The number of rotatable bonds is 5. The van der Waals surface area contributed by atoms with E-state index in [0.29, 0.717) is 0 Å². The highest BCUT2D eigenvalue weighted by molar-refractivity contribution is 7.48. The maximum absolute atomic E-state index is 11.7. The van der Waals surface area contributed by atoms with Crippen molar-refractivity contribution >= 4 is 13.6 Å². The van der Waals surface area contributed by atoms with Crippen molar-refractivity contribution in [3.05, 3.63) is 42.0 Å². The fourth-order valence-electron chi connectivity index (χ4n) is 1.22. The Morgan fingerprint density at radius 1 is 1.25 bits per heavy atom. The van der Waals surface area contributed by atoms with Crippen LogP contribution in [0, 0.1) is 6.92 Å². The van der Waals surface area contributed by atoms with E-state index in [1.54, 1.807) is 0 Å². The molecule has 0 unspecified atom stereocenters. The zero-order chi connectivity index (χ0) is 12.2. The summed E-state index contributed by atoms with van der Waals surface area (Å²) in [7, 11) is -1.00. The van der Waals surface area contributed by atoms with Gasteiger partial charge in [0.1, 0.15) is 5.76 Å². The third-order valence-electron chi connectivity index (χ3n) is 2.11. The summed E-state index contributed by atoms with van der Waals surface area (Å²) in [5.41, 5.74) is 1.75. The number of hydrogen-bond donors (Lipinski definition) is 0. The lowest BCUT2D eigenvalue weighted by Gasteiger charge is -2.16. The Bertz CT molecular complexity index is 420. The van der Waals surface area contributed by atoms with Gasteiger partial charge in [0, 0.05) is 19.8 Å². The molecule has 16 heavy (non-hydrogen) atoms. The second-order valence-electron chi connectivity index (χ2n) is 3.14. The first-order chi connectivity index (χ1) is 7.52. The van der Waals surface area contributed by atoms with Gasteiger partial charge in [0.2, 0.25) is 0 Å². The van der Waals surface area contributed by atoms with Crippen LogP contribution < -0.4 is 0 Å². The number of phosphoric acid groups is 1. The van der Waals surface area contributed by atoms with E-state index in [4.69, 9.17) is 4.52 Å². The Labute approximate surface area is 95.5 Å². The zero-order valence-corrected chi connectivity index (χ0v) is 10.5. The van der Waals surface area contributed by atoms with Gasteiger partial charge in [-0.05, 0) is 12.5 Å². The van der Waals surface area contributed by atoms with Crippen LogP contribution in [-0.2, 0) is 18.1 Å². The van der Waals surface area contributed by atoms with Gasteiger partial charge in [0.25, 0.3) is 0 Å². The molecular formula is C11H15O4P. The molecule has 0 aromatic heterocycles. The monoisotopic (exact) mass is 242 g/mol. The minimum absolute atomic E-state index is 0.269. The summed E-state index contributed by atoms with van der Waals surface area (Å²) in [4.78, 5) is 0. The number of hydrogen-bond acceptors (Lipinski definition) is 4. The van der Waals surface area contributed by atoms with Crippen molar-refractivity contribution in [2.75, 3.05) is 14.2 Å². The van der Waals surface area contributed by atoms with Gasteiger partial charge in [-0.3, -0.25) is 9.05 Å². The van der Waals surface area contributed by atoms with Crippen molar-refractivity contribution in [2.45, 2.75) is 6.92 Å². The first kappa shape index (κ1) is 13.0. The van der Waals surface area contributed by atoms with Gasteiger partial charge < -0.3 is 4.52 Å². The Balaban J connectivity index is 2.89. The Kier molecular flexibility index (Phi) is 4.30. The van der Waals surface area contributed by atoms with E-state index >= 15 is 0 Å². The third kappa shape index (κ3) is 2.95. The molecule has 0 atom stereocenters. The van der Waals surface area contributed by atoms with E-state index in [1.807, 2.05) is 31.2 Å². The molecule has 5 heteroatoms. The van der Waals surface area contributed by atoms with E-state index in [-0.39, 0.29) is 5.76 Å². The molecule has 4 nitrogen and oxygen atoms in total. The molecule has 0 N–H and O–H groups in total. The molecule has 1 aromatic carbocycles. The minimum Gasteiger partial charge on any atom is -0.404 e. The lowest BCUT2D eigenvalue weighted by molar-refractivity contribution is 0.201. The topological polar surface area (TPSA) is 44.8 Å². The Morgan fingerprint density at radius 2 is 1.81 bits per heavy atom. The number of benzene rings is 1. The van der Waals surface area contributed by atoms with Crippen molar-refractivity contribution in [1.29, 1.82) is 0 Å². The van der Waals surface area contributed by atoms with Gasteiger partial charge in [-0.1, -0.05) is 30.8 Å². The normalized spacial score (nSPS) is 11.2. The molecule has 0 aliphatic rings. The van der Waals surface area contributed by atoms with Crippen molar-refractivity contribution in [3.8, 4) is 0 Å². The molecule has 1 aromatic rings. The lowest BCUT2D eigenvalue weighted by atomic mass is 10.1. The van der Waals surface area contributed by atoms with E-state index in [0.717, 1.165) is 11.1 Å². The quantitative estimate of drug-likeness (QED) is 0.586. The predicted molar refractivity (Wildman–Crippen MR) is 62.9 cm³/mol. The molecule has 0 heterocycles. The molecule has 88 valence electrons. The van der Waals surface area contributed by atoms with Gasteiger partial charge in [0.05, 0.1) is 0 Å². The highest BCUT2D eigenvalue weighted by Crippen LogP contribution is 2.51. The summed E-state index contributed by atoms with van der Waals surface area (Å²) >= 11 is 0. The summed E-state index contributed by atoms with van der Waals surface area (Å²) in [6.45, 7) is 5.62. The molecule has 0 fully saturated rings. The van der Waals surface area contributed by atoms with Gasteiger partial charge in [-0.15, -0.1) is 0 Å². The first-order valence-electron chi connectivity index (χ1n) is 4.68. The second kappa shape index (κ2) is 5.30. The van der Waals surface area contributed by atoms with E-state index < -0.39 is 7.82 Å². The molecule has 0 aliphatic carbocycles. The molecule has 1 rings (SSSR count). The van der Waals surface area contributed by atoms with Crippen LogP contribution in [0.25, 0.3) is 5.76 Å². The van der Waals surface area contributed by atoms with Crippen LogP contribution in [0.3, 0.4) is 0 Å². The molecule has 0 aliphatic heterocycles. The van der Waals surface area contributed by atoms with E-state index in [9.17, 15) is 4.57 Å². The molecule has 0 radical (unpaired) electrons. The lowest BCUT2D eigenvalue weighted by Crippen LogP contribution is -1.96. The summed E-state index contributed by atoms with van der Waals surface area (Å²) in [6, 6.07) is 7.49. The fraction of sp³-hybridized carbons (Fsp3) is 0.273. The maximum atomic E-state index is 11.7. The minimum atomic E-state index is -3.52. The number of phosphoric ester groups is 1. The molecule has 0 amide bonds. The maximum Gasteiger partial charge on any atom is 0.529 e. The van der Waals surface area contributed by atoms with Gasteiger partial charge in [-0.2, -0.15) is 0 Å². The zero-order valence-electron chi connectivity index (χ0n) is 9.60. The highest BCUT2D eigenvalue weighted by atomic mass is 31.2. The highest BCUT2D eigenvalue weighted by Gasteiger charge is 2.25. The van der Waals surface area contributed by atoms with Crippen molar-refractivity contribution in [3.63, 3.8) is 0 Å². The fourth-order valence-corrected chi connectivity index (χ4v) is 1.89. The van der Waals surface area contributed by atoms with E-state index in [1.165, 1.54) is 14.2 Å². The summed E-state index contributed by atoms with van der Waals surface area (Å²) in [5.74, 6) is 0.269. The average Bonchev–Trinajstić information content (AvgIpc) is 2.29. The largest absolute Gasteiger partial charge is 0.529 e. The molecule has 0 saturated heterocycles. The van der Waals surface area contributed by atoms with Crippen molar-refractivity contribution in [1.82, 2.24) is 0 Å². The molecular weight excluding hydrogens is 227 g/mol. The van der Waals surface area contributed by atoms with E-state index in [2.05, 4.69) is 15.6 Å². The van der Waals surface area contributed by atoms with Crippen LogP contribution >= 0.6 is 7.82 Å². The molecule has 0 spiro atoms. The van der Waals surface area contributed by atoms with Gasteiger partial charge in [0.15, 0.2) is 0 Å². The Hall–Kier alpha value is -1.09. The van der Waals surface area contributed by atoms with Crippen molar-refractivity contribution < 1.29 is 18.1 Å². The summed E-state index contributed by atoms with van der Waals surface area (Å²) in [6.07, 6.45) is 0. The number of aryl methyl sites for hydroxylation is 1.